The zero-order valence-electron chi connectivity index (χ0n) is 16.2. The molecule has 1 heterocycles. The third-order valence-electron chi connectivity index (χ3n) is 4.88. The van der Waals surface area contributed by atoms with Gasteiger partial charge in [-0.1, -0.05) is 19.1 Å². The van der Waals surface area contributed by atoms with Gasteiger partial charge in [-0.05, 0) is 55.3 Å². The Morgan fingerprint density at radius 3 is 2.32 bits per heavy atom. The number of nitrogens with one attached hydrogen (secondary N) is 2. The zero-order chi connectivity index (χ0) is 20.1. The summed E-state index contributed by atoms with van der Waals surface area (Å²) in [7, 11) is 0. The minimum atomic E-state index is -0.178. The standard InChI is InChI=1S/C22H25N3O3/c1-3-20(26)24-18-10-6-16(7-11-18)15(2)23-22(28)17-8-12-19(13-9-17)25-14-4-5-21(25)27/h6-13,15H,3-5,14H2,1-2H3,(H,23,28)(H,24,26). The van der Waals surface area contributed by atoms with Crippen LogP contribution in [-0.4, -0.2) is 24.3 Å². The van der Waals surface area contributed by atoms with E-state index < -0.39 is 0 Å². The fourth-order valence-corrected chi connectivity index (χ4v) is 3.18. The number of hydrogen-bond acceptors (Lipinski definition) is 3. The van der Waals surface area contributed by atoms with Gasteiger partial charge in [0.25, 0.3) is 5.91 Å². The Balaban J connectivity index is 1.60. The normalized spacial score (nSPS) is 14.6. The molecule has 3 rings (SSSR count). The van der Waals surface area contributed by atoms with E-state index >= 15 is 0 Å². The Labute approximate surface area is 164 Å². The number of nitrogens with zero attached hydrogens (tertiary/aromatic N) is 1. The van der Waals surface area contributed by atoms with Gasteiger partial charge in [-0.3, -0.25) is 14.4 Å². The van der Waals surface area contributed by atoms with E-state index in [1.807, 2.05) is 43.3 Å². The molecule has 146 valence electrons. The van der Waals surface area contributed by atoms with Crippen molar-refractivity contribution in [2.75, 3.05) is 16.8 Å². The molecule has 2 N–H and O–H groups in total. The average molecular weight is 379 g/mol. The summed E-state index contributed by atoms with van der Waals surface area (Å²) in [6.07, 6.45) is 1.89. The summed E-state index contributed by atoms with van der Waals surface area (Å²) in [5, 5.41) is 5.78. The molecule has 0 saturated carbocycles. The van der Waals surface area contributed by atoms with Crippen molar-refractivity contribution >= 4 is 29.1 Å². The summed E-state index contributed by atoms with van der Waals surface area (Å²) in [5.41, 5.74) is 3.06. The van der Waals surface area contributed by atoms with Crippen LogP contribution in [0.4, 0.5) is 11.4 Å². The minimum Gasteiger partial charge on any atom is -0.346 e. The Morgan fingerprint density at radius 2 is 1.75 bits per heavy atom. The van der Waals surface area contributed by atoms with Crippen LogP contribution in [-0.2, 0) is 9.59 Å². The lowest BCUT2D eigenvalue weighted by molar-refractivity contribution is -0.117. The van der Waals surface area contributed by atoms with Crippen molar-refractivity contribution in [1.82, 2.24) is 5.32 Å². The molecule has 1 aliphatic heterocycles. The van der Waals surface area contributed by atoms with Crippen LogP contribution in [0, 0.1) is 0 Å². The van der Waals surface area contributed by atoms with Crippen LogP contribution in [0.15, 0.2) is 48.5 Å². The number of carbonyl (C=O) groups excluding carboxylic acids is 3. The maximum absolute atomic E-state index is 12.5. The van der Waals surface area contributed by atoms with Gasteiger partial charge in [0.1, 0.15) is 0 Å². The Kier molecular flexibility index (Phi) is 6.09. The van der Waals surface area contributed by atoms with Gasteiger partial charge in [0.2, 0.25) is 11.8 Å². The van der Waals surface area contributed by atoms with Gasteiger partial charge in [0, 0.05) is 36.3 Å². The van der Waals surface area contributed by atoms with E-state index in [-0.39, 0.29) is 23.8 Å². The molecule has 1 saturated heterocycles. The number of rotatable bonds is 6. The first-order valence-electron chi connectivity index (χ1n) is 9.59. The van der Waals surface area contributed by atoms with Gasteiger partial charge in [0.15, 0.2) is 0 Å². The summed E-state index contributed by atoms with van der Waals surface area (Å²) in [5.74, 6) is -0.0762. The molecular weight excluding hydrogens is 354 g/mol. The maximum Gasteiger partial charge on any atom is 0.251 e. The maximum atomic E-state index is 12.5. The largest absolute Gasteiger partial charge is 0.346 e. The van der Waals surface area contributed by atoms with Crippen LogP contribution in [0.5, 0.6) is 0 Å². The number of benzene rings is 2. The number of carbonyl (C=O) groups is 3. The Bertz CT molecular complexity index is 860. The molecule has 6 heteroatoms. The predicted molar refractivity (Wildman–Crippen MR) is 109 cm³/mol. The van der Waals surface area contributed by atoms with Crippen molar-refractivity contribution in [2.24, 2.45) is 0 Å². The second-order valence-electron chi connectivity index (χ2n) is 6.91. The molecule has 0 bridgehead atoms. The van der Waals surface area contributed by atoms with Crippen LogP contribution in [0.25, 0.3) is 0 Å². The molecule has 3 amide bonds. The van der Waals surface area contributed by atoms with Gasteiger partial charge in [0.05, 0.1) is 6.04 Å². The summed E-state index contributed by atoms with van der Waals surface area (Å²) in [6.45, 7) is 4.45. The molecular formula is C22H25N3O3. The molecule has 28 heavy (non-hydrogen) atoms. The summed E-state index contributed by atoms with van der Waals surface area (Å²) in [4.78, 5) is 37.5. The fraction of sp³-hybridized carbons (Fsp3) is 0.318. The second kappa shape index (κ2) is 8.69. The molecule has 0 aliphatic carbocycles. The van der Waals surface area contributed by atoms with Gasteiger partial charge in [-0.15, -0.1) is 0 Å². The third-order valence-corrected chi connectivity index (χ3v) is 4.88. The lowest BCUT2D eigenvalue weighted by Crippen LogP contribution is -2.27. The first kappa shape index (κ1) is 19.6. The highest BCUT2D eigenvalue weighted by Crippen LogP contribution is 2.22. The van der Waals surface area contributed by atoms with E-state index in [1.165, 1.54) is 0 Å². The van der Waals surface area contributed by atoms with E-state index in [9.17, 15) is 14.4 Å². The van der Waals surface area contributed by atoms with E-state index in [2.05, 4.69) is 10.6 Å². The molecule has 2 aromatic rings. The topological polar surface area (TPSA) is 78.5 Å². The first-order chi connectivity index (χ1) is 13.5. The van der Waals surface area contributed by atoms with E-state index in [0.717, 1.165) is 29.9 Å². The van der Waals surface area contributed by atoms with Crippen molar-refractivity contribution in [1.29, 1.82) is 0 Å². The van der Waals surface area contributed by atoms with Gasteiger partial charge in [-0.25, -0.2) is 0 Å². The fourth-order valence-electron chi connectivity index (χ4n) is 3.18. The summed E-state index contributed by atoms with van der Waals surface area (Å²) >= 11 is 0. The van der Waals surface area contributed by atoms with E-state index in [1.54, 1.807) is 24.0 Å². The van der Waals surface area contributed by atoms with Crippen molar-refractivity contribution in [2.45, 2.75) is 39.2 Å². The van der Waals surface area contributed by atoms with Crippen LogP contribution >= 0.6 is 0 Å². The van der Waals surface area contributed by atoms with Gasteiger partial charge >= 0.3 is 0 Å². The molecule has 0 radical (unpaired) electrons. The SMILES string of the molecule is CCC(=O)Nc1ccc(C(C)NC(=O)c2ccc(N3CCCC3=O)cc2)cc1. The number of anilines is 2. The number of hydrogen-bond donors (Lipinski definition) is 2. The molecule has 6 nitrogen and oxygen atoms in total. The van der Waals surface area contributed by atoms with Crippen molar-refractivity contribution in [3.63, 3.8) is 0 Å². The quantitative estimate of drug-likeness (QED) is 0.804. The molecule has 1 atom stereocenters. The molecule has 1 aliphatic rings. The third kappa shape index (κ3) is 4.57. The Morgan fingerprint density at radius 1 is 1.07 bits per heavy atom. The van der Waals surface area contributed by atoms with Gasteiger partial charge in [-0.2, -0.15) is 0 Å². The van der Waals surface area contributed by atoms with Crippen LogP contribution < -0.4 is 15.5 Å². The predicted octanol–water partition coefficient (Wildman–Crippen LogP) is 3.65. The van der Waals surface area contributed by atoms with Crippen LogP contribution in [0.3, 0.4) is 0 Å². The molecule has 2 aromatic carbocycles. The zero-order valence-corrected chi connectivity index (χ0v) is 16.2. The second-order valence-corrected chi connectivity index (χ2v) is 6.91. The number of amides is 3. The smallest absolute Gasteiger partial charge is 0.251 e. The van der Waals surface area contributed by atoms with Crippen LogP contribution in [0.2, 0.25) is 0 Å². The highest BCUT2D eigenvalue weighted by Gasteiger charge is 2.21. The molecule has 0 spiro atoms. The van der Waals surface area contributed by atoms with Crippen molar-refractivity contribution < 1.29 is 14.4 Å². The van der Waals surface area contributed by atoms with E-state index in [0.29, 0.717) is 18.4 Å². The van der Waals surface area contributed by atoms with Crippen molar-refractivity contribution in [3.8, 4) is 0 Å². The van der Waals surface area contributed by atoms with Crippen molar-refractivity contribution in [3.05, 3.63) is 59.7 Å². The molecule has 1 fully saturated rings. The highest BCUT2D eigenvalue weighted by molar-refractivity contribution is 5.97. The summed E-state index contributed by atoms with van der Waals surface area (Å²) < 4.78 is 0. The molecule has 1 unspecified atom stereocenters. The van der Waals surface area contributed by atoms with E-state index in [4.69, 9.17) is 0 Å². The monoisotopic (exact) mass is 379 g/mol. The Hall–Kier alpha value is -3.15. The summed E-state index contributed by atoms with van der Waals surface area (Å²) in [6, 6.07) is 14.4. The van der Waals surface area contributed by atoms with Crippen LogP contribution in [0.1, 0.15) is 55.1 Å². The average Bonchev–Trinajstić information content (AvgIpc) is 3.14. The lowest BCUT2D eigenvalue weighted by atomic mass is 10.1. The molecule has 0 aromatic heterocycles. The van der Waals surface area contributed by atoms with Gasteiger partial charge < -0.3 is 15.5 Å². The highest BCUT2D eigenvalue weighted by atomic mass is 16.2. The minimum absolute atomic E-state index is 0.0341. The first-order valence-corrected chi connectivity index (χ1v) is 9.59. The lowest BCUT2D eigenvalue weighted by Gasteiger charge is -2.17.